The highest BCUT2D eigenvalue weighted by Gasteiger charge is 2.18. The van der Waals surface area contributed by atoms with Crippen LogP contribution in [0.2, 0.25) is 5.02 Å². The molecule has 0 saturated carbocycles. The van der Waals surface area contributed by atoms with E-state index in [0.29, 0.717) is 11.6 Å². The molecule has 0 bridgehead atoms. The molecule has 0 aromatic carbocycles. The molecule has 1 atom stereocenters. The Balaban J connectivity index is 2.16. The molecule has 100 valence electrons. The Morgan fingerprint density at radius 1 is 1.53 bits per heavy atom. The largest absolute Gasteiger partial charge is 0.341 e. The zero-order valence-corrected chi connectivity index (χ0v) is 10.6. The van der Waals surface area contributed by atoms with Crippen molar-refractivity contribution in [3.63, 3.8) is 0 Å². The standard InChI is InChI=1S/C9H11ClN8O/c1-4(8-15-17-18-16-8)12-9(19)7-5(10)2-3-6(13-7)14-11/h2-4H,11H2,1H3,(H,12,19)(H,13,14)(H,15,16,17,18). The van der Waals surface area contributed by atoms with Gasteiger partial charge in [-0.3, -0.25) is 4.79 Å². The number of nitrogen functional groups attached to an aromatic ring is 1. The van der Waals surface area contributed by atoms with Crippen LogP contribution < -0.4 is 16.6 Å². The van der Waals surface area contributed by atoms with Gasteiger partial charge >= 0.3 is 0 Å². The molecule has 0 aliphatic carbocycles. The highest BCUT2D eigenvalue weighted by Crippen LogP contribution is 2.17. The lowest BCUT2D eigenvalue weighted by atomic mass is 10.2. The summed E-state index contributed by atoms with van der Waals surface area (Å²) in [6, 6.07) is 2.65. The number of carbonyl (C=O) groups is 1. The molecule has 1 unspecified atom stereocenters. The van der Waals surface area contributed by atoms with Gasteiger partial charge < -0.3 is 10.7 Å². The average Bonchev–Trinajstić information content (AvgIpc) is 2.93. The molecule has 5 N–H and O–H groups in total. The molecule has 0 saturated heterocycles. The molecule has 0 fully saturated rings. The van der Waals surface area contributed by atoms with E-state index < -0.39 is 11.9 Å². The number of hydrogen-bond donors (Lipinski definition) is 4. The fraction of sp³-hybridized carbons (Fsp3) is 0.222. The summed E-state index contributed by atoms with van der Waals surface area (Å²) in [5, 5.41) is 16.1. The molecule has 1 amide bonds. The van der Waals surface area contributed by atoms with Crippen LogP contribution in [0, 0.1) is 0 Å². The van der Waals surface area contributed by atoms with Gasteiger partial charge in [-0.05, 0) is 19.1 Å². The van der Waals surface area contributed by atoms with Crippen molar-refractivity contribution in [2.24, 2.45) is 5.84 Å². The van der Waals surface area contributed by atoms with Gasteiger partial charge in [0.25, 0.3) is 5.91 Å². The number of nitrogens with one attached hydrogen (secondary N) is 3. The molecular weight excluding hydrogens is 272 g/mol. The number of anilines is 1. The molecule has 9 nitrogen and oxygen atoms in total. The molecule has 0 aliphatic rings. The van der Waals surface area contributed by atoms with E-state index in [1.807, 2.05) is 0 Å². The number of hydrogen-bond acceptors (Lipinski definition) is 7. The maximum Gasteiger partial charge on any atom is 0.272 e. The summed E-state index contributed by atoms with van der Waals surface area (Å²) < 4.78 is 0. The minimum Gasteiger partial charge on any atom is -0.341 e. The fourth-order valence-corrected chi connectivity index (χ4v) is 1.56. The van der Waals surface area contributed by atoms with E-state index in [9.17, 15) is 4.79 Å². The molecular formula is C9H11ClN8O. The first-order valence-electron chi connectivity index (χ1n) is 5.29. The summed E-state index contributed by atoms with van der Waals surface area (Å²) in [4.78, 5) is 16.0. The Kier molecular flexibility index (Phi) is 3.88. The van der Waals surface area contributed by atoms with Gasteiger partial charge in [0, 0.05) is 0 Å². The summed E-state index contributed by atoms with van der Waals surface area (Å²) in [6.45, 7) is 1.71. The van der Waals surface area contributed by atoms with Crippen molar-refractivity contribution in [3.8, 4) is 0 Å². The second kappa shape index (κ2) is 5.59. The Morgan fingerprint density at radius 3 is 2.95 bits per heavy atom. The normalized spacial score (nSPS) is 11.9. The summed E-state index contributed by atoms with van der Waals surface area (Å²) in [5.41, 5.74) is 2.40. The number of H-pyrrole nitrogens is 1. The number of nitrogens with two attached hydrogens (primary N) is 1. The summed E-state index contributed by atoms with van der Waals surface area (Å²) in [7, 11) is 0. The summed E-state index contributed by atoms with van der Waals surface area (Å²) in [6.07, 6.45) is 0. The maximum atomic E-state index is 12.0. The lowest BCUT2D eigenvalue weighted by Gasteiger charge is -2.11. The predicted octanol–water partition coefficient (Wildman–Crippen LogP) is 0.0247. The molecule has 19 heavy (non-hydrogen) atoms. The lowest BCUT2D eigenvalue weighted by molar-refractivity contribution is 0.0933. The van der Waals surface area contributed by atoms with E-state index in [2.05, 4.69) is 36.4 Å². The molecule has 10 heteroatoms. The fourth-order valence-electron chi connectivity index (χ4n) is 1.36. The number of nitrogens with zero attached hydrogens (tertiary/aromatic N) is 4. The highest BCUT2D eigenvalue weighted by atomic mass is 35.5. The van der Waals surface area contributed by atoms with Crippen molar-refractivity contribution in [2.45, 2.75) is 13.0 Å². The molecule has 0 aliphatic heterocycles. The van der Waals surface area contributed by atoms with E-state index in [1.165, 1.54) is 6.07 Å². The molecule has 2 heterocycles. The summed E-state index contributed by atoms with van der Waals surface area (Å²) in [5.74, 6) is 5.46. The topological polar surface area (TPSA) is 134 Å². The van der Waals surface area contributed by atoms with Gasteiger partial charge in [0.1, 0.15) is 11.5 Å². The van der Waals surface area contributed by atoms with E-state index in [-0.39, 0.29) is 10.7 Å². The summed E-state index contributed by atoms with van der Waals surface area (Å²) >= 11 is 5.91. The average molecular weight is 283 g/mol. The van der Waals surface area contributed by atoms with Crippen LogP contribution in [0.15, 0.2) is 12.1 Å². The monoisotopic (exact) mass is 282 g/mol. The first-order valence-corrected chi connectivity index (χ1v) is 5.67. The van der Waals surface area contributed by atoms with Gasteiger partial charge in [0.05, 0.1) is 11.1 Å². The smallest absolute Gasteiger partial charge is 0.272 e. The molecule has 0 spiro atoms. The number of pyridine rings is 1. The van der Waals surface area contributed by atoms with Gasteiger partial charge in [0.2, 0.25) is 0 Å². The third kappa shape index (κ3) is 2.95. The quantitative estimate of drug-likeness (QED) is 0.459. The Hall–Kier alpha value is -2.26. The minimum atomic E-state index is -0.459. The number of halogens is 1. The SMILES string of the molecule is CC(NC(=O)c1nc(NN)ccc1Cl)c1nn[nH]n1. The van der Waals surface area contributed by atoms with Crippen LogP contribution in [-0.4, -0.2) is 31.5 Å². The highest BCUT2D eigenvalue weighted by molar-refractivity contribution is 6.33. The van der Waals surface area contributed by atoms with Gasteiger partial charge in [0.15, 0.2) is 5.82 Å². The number of aromatic amines is 1. The maximum absolute atomic E-state index is 12.0. The zero-order chi connectivity index (χ0) is 13.8. The van der Waals surface area contributed by atoms with Gasteiger partial charge in [-0.2, -0.15) is 5.21 Å². The third-order valence-electron chi connectivity index (χ3n) is 2.31. The lowest BCUT2D eigenvalue weighted by Crippen LogP contribution is -2.28. The van der Waals surface area contributed by atoms with Crippen LogP contribution in [0.1, 0.15) is 29.3 Å². The van der Waals surface area contributed by atoms with Crippen molar-refractivity contribution in [2.75, 3.05) is 5.43 Å². The Morgan fingerprint density at radius 2 is 2.32 bits per heavy atom. The molecule has 2 aromatic rings. The molecule has 0 radical (unpaired) electrons. The first kappa shape index (κ1) is 13.2. The third-order valence-corrected chi connectivity index (χ3v) is 2.61. The van der Waals surface area contributed by atoms with E-state index in [0.717, 1.165) is 0 Å². The molecule has 2 aromatic heterocycles. The van der Waals surface area contributed by atoms with Crippen molar-refractivity contribution >= 4 is 23.3 Å². The predicted molar refractivity (Wildman–Crippen MR) is 67.1 cm³/mol. The van der Waals surface area contributed by atoms with Gasteiger partial charge in [-0.15, -0.1) is 10.2 Å². The van der Waals surface area contributed by atoms with E-state index in [4.69, 9.17) is 17.4 Å². The second-order valence-corrected chi connectivity index (χ2v) is 4.04. The van der Waals surface area contributed by atoms with Crippen LogP contribution in [0.3, 0.4) is 0 Å². The number of aromatic nitrogens is 5. The van der Waals surface area contributed by atoms with Crippen LogP contribution in [0.25, 0.3) is 0 Å². The second-order valence-electron chi connectivity index (χ2n) is 3.64. The number of amides is 1. The van der Waals surface area contributed by atoms with Crippen LogP contribution in [0.5, 0.6) is 0 Å². The Bertz CT molecular complexity index is 572. The number of hydrazine groups is 1. The van der Waals surface area contributed by atoms with Crippen LogP contribution in [0.4, 0.5) is 5.82 Å². The van der Waals surface area contributed by atoms with Crippen molar-refractivity contribution < 1.29 is 4.79 Å². The van der Waals surface area contributed by atoms with Crippen LogP contribution >= 0.6 is 11.6 Å². The number of carbonyl (C=O) groups excluding carboxylic acids is 1. The van der Waals surface area contributed by atoms with Crippen molar-refractivity contribution in [3.05, 3.63) is 28.7 Å². The Labute approximate surface area is 112 Å². The minimum absolute atomic E-state index is 0.0625. The zero-order valence-electron chi connectivity index (χ0n) is 9.88. The number of tetrazole rings is 1. The van der Waals surface area contributed by atoms with E-state index in [1.54, 1.807) is 13.0 Å². The van der Waals surface area contributed by atoms with E-state index >= 15 is 0 Å². The molecule has 2 rings (SSSR count). The van der Waals surface area contributed by atoms with Crippen molar-refractivity contribution in [1.82, 2.24) is 30.9 Å². The van der Waals surface area contributed by atoms with Crippen LogP contribution in [-0.2, 0) is 0 Å². The number of rotatable bonds is 4. The van der Waals surface area contributed by atoms with Gasteiger partial charge in [-0.25, -0.2) is 10.8 Å². The van der Waals surface area contributed by atoms with Gasteiger partial charge in [-0.1, -0.05) is 16.8 Å². The first-order chi connectivity index (χ1) is 9.11. The van der Waals surface area contributed by atoms with Crippen molar-refractivity contribution in [1.29, 1.82) is 0 Å².